The van der Waals surface area contributed by atoms with Crippen molar-refractivity contribution in [3.8, 4) is 11.1 Å². The fourth-order valence-corrected chi connectivity index (χ4v) is 4.51. The van der Waals surface area contributed by atoms with Crippen molar-refractivity contribution in [1.29, 1.82) is 0 Å². The number of benzene rings is 3. The summed E-state index contributed by atoms with van der Waals surface area (Å²) in [6, 6.07) is 20.2. The molecule has 0 unspecified atom stereocenters. The zero-order valence-electron chi connectivity index (χ0n) is 20.1. The van der Waals surface area contributed by atoms with Gasteiger partial charge in [-0.3, -0.25) is 9.59 Å². The van der Waals surface area contributed by atoms with Crippen LogP contribution in [0.4, 0.5) is 0 Å². The number of carbonyl (C=O) groups excluding carboxylic acids is 2. The molecule has 0 aromatic heterocycles. The van der Waals surface area contributed by atoms with Gasteiger partial charge in [-0.15, -0.1) is 0 Å². The van der Waals surface area contributed by atoms with Gasteiger partial charge in [0.15, 0.2) is 0 Å². The Bertz CT molecular complexity index is 1220. The standard InChI is InChI=1S/C28H28Cl2N2O4/c1-28(2,17-18-3-11-22(29)12-4-18)32(24(27(35)36)15-16-25(31)33)26(34)21-7-5-19(6-8-21)20-9-13-23(30)14-10-20/h3-14,24H,15-17H2,1-2H3,(H2,31,33)(H,35,36)/t24-/m0/s1. The quantitative estimate of drug-likeness (QED) is 0.346. The highest BCUT2D eigenvalue weighted by atomic mass is 35.5. The van der Waals surface area contributed by atoms with Crippen LogP contribution in [0.15, 0.2) is 72.8 Å². The van der Waals surface area contributed by atoms with E-state index in [-0.39, 0.29) is 12.8 Å². The summed E-state index contributed by atoms with van der Waals surface area (Å²) in [6.45, 7) is 3.61. The van der Waals surface area contributed by atoms with E-state index in [0.717, 1.165) is 16.7 Å². The summed E-state index contributed by atoms with van der Waals surface area (Å²) in [5, 5.41) is 11.3. The fourth-order valence-electron chi connectivity index (χ4n) is 4.25. The smallest absolute Gasteiger partial charge is 0.326 e. The highest BCUT2D eigenvalue weighted by Gasteiger charge is 2.40. The number of carbonyl (C=O) groups is 3. The number of amides is 2. The minimum Gasteiger partial charge on any atom is -0.480 e. The SMILES string of the molecule is CC(C)(Cc1ccc(Cl)cc1)N(C(=O)c1ccc(-c2ccc(Cl)cc2)cc1)[C@@H](CCC(N)=O)C(=O)O. The maximum atomic E-state index is 13.8. The van der Waals surface area contributed by atoms with E-state index in [2.05, 4.69) is 0 Å². The van der Waals surface area contributed by atoms with Crippen LogP contribution in [0.2, 0.25) is 10.0 Å². The van der Waals surface area contributed by atoms with E-state index in [1.54, 1.807) is 48.5 Å². The molecule has 0 heterocycles. The second-order valence-electron chi connectivity index (χ2n) is 9.23. The second-order valence-corrected chi connectivity index (χ2v) is 10.1. The molecule has 3 aromatic rings. The van der Waals surface area contributed by atoms with Gasteiger partial charge in [0, 0.05) is 27.6 Å². The van der Waals surface area contributed by atoms with Gasteiger partial charge in [0.2, 0.25) is 5.91 Å². The van der Waals surface area contributed by atoms with Crippen molar-refractivity contribution in [2.24, 2.45) is 5.73 Å². The summed E-state index contributed by atoms with van der Waals surface area (Å²) in [7, 11) is 0. The lowest BCUT2D eigenvalue weighted by Gasteiger charge is -2.42. The molecule has 0 aliphatic heterocycles. The Morgan fingerprint density at radius 2 is 1.33 bits per heavy atom. The zero-order chi connectivity index (χ0) is 26.5. The van der Waals surface area contributed by atoms with Gasteiger partial charge in [0.25, 0.3) is 5.91 Å². The van der Waals surface area contributed by atoms with Crippen molar-refractivity contribution in [2.75, 3.05) is 0 Å². The number of aliphatic carboxylic acids is 1. The molecule has 3 N–H and O–H groups in total. The molecule has 0 saturated carbocycles. The molecule has 3 aromatic carbocycles. The second kappa shape index (κ2) is 11.6. The lowest BCUT2D eigenvalue weighted by Crippen LogP contribution is -2.57. The van der Waals surface area contributed by atoms with E-state index in [0.29, 0.717) is 22.0 Å². The zero-order valence-corrected chi connectivity index (χ0v) is 21.6. The number of nitrogens with two attached hydrogens (primary N) is 1. The number of halogens is 2. The van der Waals surface area contributed by atoms with Gasteiger partial charge in [-0.2, -0.15) is 0 Å². The van der Waals surface area contributed by atoms with Crippen molar-refractivity contribution < 1.29 is 19.5 Å². The normalized spacial score (nSPS) is 12.1. The number of carboxylic acid groups (broad SMARTS) is 1. The van der Waals surface area contributed by atoms with Crippen molar-refractivity contribution in [3.63, 3.8) is 0 Å². The first kappa shape index (κ1) is 27.2. The molecule has 8 heteroatoms. The third-order valence-corrected chi connectivity index (χ3v) is 6.50. The van der Waals surface area contributed by atoms with Crippen LogP contribution in [0.5, 0.6) is 0 Å². The van der Waals surface area contributed by atoms with Crippen LogP contribution < -0.4 is 5.73 Å². The molecule has 1 atom stereocenters. The average Bonchev–Trinajstić information content (AvgIpc) is 2.83. The fraction of sp³-hybridized carbons (Fsp3) is 0.250. The molecule has 0 bridgehead atoms. The highest BCUT2D eigenvalue weighted by molar-refractivity contribution is 6.30. The summed E-state index contributed by atoms with van der Waals surface area (Å²) in [6.07, 6.45) is 0.121. The van der Waals surface area contributed by atoms with Gasteiger partial charge in [-0.25, -0.2) is 4.79 Å². The molecular weight excluding hydrogens is 499 g/mol. The van der Waals surface area contributed by atoms with E-state index in [9.17, 15) is 19.5 Å². The Morgan fingerprint density at radius 1 is 0.861 bits per heavy atom. The van der Waals surface area contributed by atoms with Crippen molar-refractivity contribution in [2.45, 2.75) is 44.7 Å². The highest BCUT2D eigenvalue weighted by Crippen LogP contribution is 2.29. The van der Waals surface area contributed by atoms with E-state index in [4.69, 9.17) is 28.9 Å². The summed E-state index contributed by atoms with van der Waals surface area (Å²) in [4.78, 5) is 39.0. The number of nitrogens with zero attached hydrogens (tertiary/aromatic N) is 1. The van der Waals surface area contributed by atoms with Gasteiger partial charge in [0.05, 0.1) is 0 Å². The number of rotatable bonds is 10. The van der Waals surface area contributed by atoms with Crippen LogP contribution >= 0.6 is 23.2 Å². The maximum Gasteiger partial charge on any atom is 0.326 e. The lowest BCUT2D eigenvalue weighted by atomic mass is 9.89. The van der Waals surface area contributed by atoms with Crippen LogP contribution in [0.1, 0.15) is 42.6 Å². The number of carboxylic acids is 1. The molecule has 0 radical (unpaired) electrons. The Balaban J connectivity index is 1.98. The molecule has 2 amide bonds. The van der Waals surface area contributed by atoms with E-state index in [1.165, 1.54) is 4.90 Å². The first-order valence-electron chi connectivity index (χ1n) is 11.4. The van der Waals surface area contributed by atoms with Crippen molar-refractivity contribution in [1.82, 2.24) is 4.90 Å². The number of primary amides is 1. The van der Waals surface area contributed by atoms with Crippen LogP contribution in [-0.2, 0) is 16.0 Å². The first-order valence-corrected chi connectivity index (χ1v) is 12.2. The molecule has 6 nitrogen and oxygen atoms in total. The lowest BCUT2D eigenvalue weighted by molar-refractivity contribution is -0.144. The third kappa shape index (κ3) is 6.86. The summed E-state index contributed by atoms with van der Waals surface area (Å²) < 4.78 is 0. The predicted molar refractivity (Wildman–Crippen MR) is 142 cm³/mol. The molecule has 0 saturated heterocycles. The predicted octanol–water partition coefficient (Wildman–Crippen LogP) is 5.84. The first-order chi connectivity index (χ1) is 17.0. The average molecular weight is 527 g/mol. The van der Waals surface area contributed by atoms with Crippen molar-refractivity contribution in [3.05, 3.63) is 94.0 Å². The van der Waals surface area contributed by atoms with Gasteiger partial charge in [-0.1, -0.05) is 59.6 Å². The van der Waals surface area contributed by atoms with Crippen LogP contribution in [0, 0.1) is 0 Å². The van der Waals surface area contributed by atoms with E-state index >= 15 is 0 Å². The van der Waals surface area contributed by atoms with Gasteiger partial charge in [-0.05, 0) is 79.8 Å². The molecular formula is C28H28Cl2N2O4. The van der Waals surface area contributed by atoms with Gasteiger partial charge in [0.1, 0.15) is 6.04 Å². The van der Waals surface area contributed by atoms with Crippen molar-refractivity contribution >= 4 is 41.0 Å². The molecule has 0 aliphatic rings. The summed E-state index contributed by atoms with van der Waals surface area (Å²) in [5.41, 5.74) is 7.43. The van der Waals surface area contributed by atoms with E-state index < -0.39 is 29.4 Å². The number of hydrogen-bond acceptors (Lipinski definition) is 3. The molecule has 0 spiro atoms. The maximum absolute atomic E-state index is 13.8. The molecule has 3 rings (SSSR count). The van der Waals surface area contributed by atoms with Crippen LogP contribution in [0.3, 0.4) is 0 Å². The minimum atomic E-state index is -1.25. The Morgan fingerprint density at radius 3 is 1.81 bits per heavy atom. The van der Waals surface area contributed by atoms with Crippen LogP contribution in [-0.4, -0.2) is 39.4 Å². The van der Waals surface area contributed by atoms with E-state index in [1.807, 2.05) is 38.1 Å². The Hall–Kier alpha value is -3.35. The third-order valence-electron chi connectivity index (χ3n) is 5.99. The molecule has 0 aliphatic carbocycles. The topological polar surface area (TPSA) is 101 Å². The summed E-state index contributed by atoms with van der Waals surface area (Å²) >= 11 is 12.0. The largest absolute Gasteiger partial charge is 0.480 e. The molecule has 0 fully saturated rings. The molecule has 188 valence electrons. The van der Waals surface area contributed by atoms with Gasteiger partial charge >= 0.3 is 5.97 Å². The minimum absolute atomic E-state index is 0.0939. The Labute approximate surface area is 220 Å². The number of hydrogen-bond donors (Lipinski definition) is 2. The van der Waals surface area contributed by atoms with Crippen LogP contribution in [0.25, 0.3) is 11.1 Å². The van der Waals surface area contributed by atoms with Gasteiger partial charge < -0.3 is 15.7 Å². The monoisotopic (exact) mass is 526 g/mol. The Kier molecular flexibility index (Phi) is 8.77. The summed E-state index contributed by atoms with van der Waals surface area (Å²) in [5.74, 6) is -2.28. The molecule has 36 heavy (non-hydrogen) atoms.